The molecule has 0 aromatic heterocycles. The van der Waals surface area contributed by atoms with Crippen LogP contribution in [0.25, 0.3) is 32.2 Å². The number of aryl methyl sites for hydroxylation is 2. The molecule has 8 aromatic rings. The summed E-state index contributed by atoms with van der Waals surface area (Å²) in [5, 5.41) is 37.9. The number of para-hydroxylation sites is 2. The van der Waals surface area contributed by atoms with Crippen molar-refractivity contribution in [2.45, 2.75) is 352 Å². The Bertz CT molecular complexity index is 3990. The van der Waals surface area contributed by atoms with Gasteiger partial charge in [0.2, 0.25) is 0 Å². The van der Waals surface area contributed by atoms with E-state index in [1.165, 1.54) is 66.3 Å². The van der Waals surface area contributed by atoms with Crippen molar-refractivity contribution in [3.63, 3.8) is 0 Å². The molecule has 2 N–H and O–H groups in total. The zero-order valence-electron chi connectivity index (χ0n) is 83.1. The molecule has 2 atom stereocenters. The SMILES string of the molecule is CC(C)(C)[PH+](CC(O)(C(F)(F)F)C(F)(F)F)C(C)(C)C.CC(C)(C)[PH+](CC(O)(c1ccccc1)c1ccccc1)C(C)(C)C.CC(C)c1cccc(C(C)C)c1[N-]C(C[PH+](C(C)(C)C)C(C)(C)C)c1c2ccccc2cc2ccccc12.C[CH-]C.C[CH-]C.C[CH-]C.C[CH-]C.Cc1cccc(C)c1[N-]C(C[PH+](C(C)(C)C)C(C)(C)C)c1ccccc1.[Ni+2].[Ni+2].[Ni].[Ni]. The summed E-state index contributed by atoms with van der Waals surface area (Å²) >= 11 is 0. The van der Waals surface area contributed by atoms with Crippen LogP contribution in [0, 0.1) is 39.5 Å². The molecule has 124 heavy (non-hydrogen) atoms. The van der Waals surface area contributed by atoms with Gasteiger partial charge in [-0.05, 0) is 236 Å². The van der Waals surface area contributed by atoms with Gasteiger partial charge < -0.3 is 46.5 Å². The number of alkyl halides is 6. The van der Waals surface area contributed by atoms with Crippen molar-refractivity contribution in [1.29, 1.82) is 0 Å². The Balaban J connectivity index is -0.000000751. The van der Waals surface area contributed by atoms with Crippen LogP contribution in [-0.4, -0.2) is 94.1 Å². The van der Waals surface area contributed by atoms with E-state index >= 15 is 0 Å². The molecule has 18 heteroatoms. The van der Waals surface area contributed by atoms with Gasteiger partial charge in [-0.1, -0.05) is 244 Å². The molecule has 0 bridgehead atoms. The molecule has 0 aliphatic heterocycles. The minimum Gasteiger partial charge on any atom is -0.675 e. The molecule has 8 rings (SSSR count). The van der Waals surface area contributed by atoms with Crippen LogP contribution < -0.4 is 0 Å². The summed E-state index contributed by atoms with van der Waals surface area (Å²) in [4.78, 5) is 0. The van der Waals surface area contributed by atoms with E-state index < -0.39 is 71.7 Å². The Morgan fingerprint density at radius 2 is 0.589 bits per heavy atom. The van der Waals surface area contributed by atoms with Crippen molar-refractivity contribution in [2.24, 2.45) is 0 Å². The number of benzene rings is 8. The average Bonchev–Trinajstić information content (AvgIpc) is 0.762. The first-order valence-corrected chi connectivity index (χ1v) is 50.3. The Labute approximate surface area is 800 Å². The Morgan fingerprint density at radius 3 is 0.879 bits per heavy atom. The van der Waals surface area contributed by atoms with Gasteiger partial charge in [0, 0.05) is 77.0 Å². The maximum absolute atomic E-state index is 12.8. The predicted molar refractivity (Wildman–Crippen MR) is 536 cm³/mol. The third-order valence-electron chi connectivity index (χ3n) is 21.0. The maximum Gasteiger partial charge on any atom is 2.00 e. The van der Waals surface area contributed by atoms with E-state index in [4.69, 9.17) is 10.6 Å². The van der Waals surface area contributed by atoms with E-state index in [1.807, 2.05) is 117 Å². The summed E-state index contributed by atoms with van der Waals surface area (Å²) < 4.78 is 76.7. The van der Waals surface area contributed by atoms with Crippen LogP contribution in [0.4, 0.5) is 37.7 Å². The van der Waals surface area contributed by atoms with Gasteiger partial charge in [0.25, 0.3) is 5.60 Å². The molecule has 2 unspecified atom stereocenters. The van der Waals surface area contributed by atoms with E-state index in [0.29, 0.717) is 22.1 Å². The first kappa shape index (κ1) is 127. The molecule has 4 nitrogen and oxygen atoms in total. The van der Waals surface area contributed by atoms with Gasteiger partial charge in [-0.2, -0.15) is 81.7 Å². The van der Waals surface area contributed by atoms with Crippen LogP contribution in [0.2, 0.25) is 0 Å². The third-order valence-corrected chi connectivity index (χ3v) is 38.8. The van der Waals surface area contributed by atoms with Crippen LogP contribution in [0.1, 0.15) is 318 Å². The first-order valence-electron chi connectivity index (χ1n) is 43.5. The molecule has 712 valence electrons. The Kier molecular flexibility index (Phi) is 57.0. The molecule has 0 amide bonds. The Morgan fingerprint density at radius 1 is 0.331 bits per heavy atom. The number of halogens is 6. The van der Waals surface area contributed by atoms with Crippen molar-refractivity contribution in [2.75, 3.05) is 24.6 Å². The van der Waals surface area contributed by atoms with Crippen molar-refractivity contribution < 1.29 is 103 Å². The summed E-state index contributed by atoms with van der Waals surface area (Å²) in [6, 6.07) is 65.0. The predicted octanol–water partition coefficient (Wildman–Crippen LogP) is 35.0. The van der Waals surface area contributed by atoms with Crippen LogP contribution in [0.15, 0.2) is 182 Å². The van der Waals surface area contributed by atoms with Gasteiger partial charge in [0.1, 0.15) is 11.8 Å². The van der Waals surface area contributed by atoms with Crippen molar-refractivity contribution in [3.05, 3.63) is 263 Å². The summed E-state index contributed by atoms with van der Waals surface area (Å²) in [7, 11) is -4.56. The van der Waals surface area contributed by atoms with Crippen molar-refractivity contribution in [1.82, 2.24) is 0 Å². The Hall–Kier alpha value is -2.93. The molecule has 0 aliphatic carbocycles. The number of hydrogen-bond donors (Lipinski definition) is 2. The molecule has 0 aliphatic rings. The minimum atomic E-state index is -5.74. The fraction of sp³-hybridized carbons (Fsp3) is 0.547. The normalized spacial score (nSPS) is 12.8. The second-order valence-electron chi connectivity index (χ2n) is 41.2. The molecule has 8 aromatic carbocycles. The molecule has 0 saturated carbocycles. The van der Waals surface area contributed by atoms with Gasteiger partial charge >= 0.3 is 45.3 Å². The molecule has 0 fully saturated rings. The molecular formula is C106H166F6N2Ni4O2P4+2. The van der Waals surface area contributed by atoms with Crippen LogP contribution in [-0.2, 0) is 71.6 Å². The van der Waals surface area contributed by atoms with Gasteiger partial charge in [-0.15, -0.1) is 11.4 Å². The van der Waals surface area contributed by atoms with E-state index in [-0.39, 0.29) is 98.7 Å². The largest absolute Gasteiger partial charge is 2.00 e. The van der Waals surface area contributed by atoms with Crippen LogP contribution >= 0.6 is 31.7 Å². The number of hydrogen-bond acceptors (Lipinski definition) is 2. The summed E-state index contributed by atoms with van der Waals surface area (Å²) in [6.07, 6.45) is -1.71. The third kappa shape index (κ3) is 40.3. The maximum atomic E-state index is 12.8. The number of nitrogens with zero attached hydrogens (tertiary/aromatic N) is 2. The summed E-state index contributed by atoms with van der Waals surface area (Å²) in [6.45, 7) is 82.3. The first-order chi connectivity index (χ1) is 54.8. The molecular weight excluding hydrogens is 1810 g/mol. The van der Waals surface area contributed by atoms with E-state index in [1.54, 1.807) is 41.5 Å². The van der Waals surface area contributed by atoms with Crippen LogP contribution in [0.3, 0.4) is 0 Å². The standard InChI is InChI=1S/C36H47NP.C24H35NP.C22H31OP.C12H21F6OP.4C3H7.4Ni/c1-24(2)28-20-15-21-29(25(3)4)34(28)37-32(23-38(35(5,6)7)36(8,9)10)33-30-18-13-11-16-26(30)22-27-17-12-14-19-31(27)33;1-18-13-12-14-19(2)22(18)25-21(20-15-10-9-11-16-20)17-26(23(3,4)5)24(6,7)8;1-20(2,3)24(21(4,5)6)17-22(23,18-13-9-7-10-14-18)19-15-11-8-12-16-19;1-8(2,3)20(9(4,5)6)7-10(19,11(13,14)15)12(16,17)18;4*1-3-2;;;;/h11-22,24-25,32H,23H2,1-10H3;9-16,21H,17H2,1-8H3;7-16,23H,17H2,1-6H3;19H,7H2,1-6H3;4*3H,1-2H3;;;;/q2*-1;;;4*-1;;;2*+2/p+4. The van der Waals surface area contributed by atoms with E-state index in [2.05, 4.69) is 312 Å². The van der Waals surface area contributed by atoms with Crippen molar-refractivity contribution >= 4 is 64.6 Å². The van der Waals surface area contributed by atoms with E-state index in [9.17, 15) is 36.6 Å². The van der Waals surface area contributed by atoms with Gasteiger partial charge in [0.15, 0.2) is 0 Å². The monoisotopic (exact) mass is 1970 g/mol. The smallest absolute Gasteiger partial charge is 0.675 e. The number of rotatable bonds is 18. The summed E-state index contributed by atoms with van der Waals surface area (Å²) in [5.74, 6) is 0.847. The van der Waals surface area contributed by atoms with Crippen LogP contribution in [0.5, 0.6) is 0 Å². The minimum absolute atomic E-state index is 0. The van der Waals surface area contributed by atoms with E-state index in [0.717, 1.165) is 29.6 Å². The van der Waals surface area contributed by atoms with Gasteiger partial charge in [-0.25, -0.2) is 0 Å². The molecule has 0 heterocycles. The molecule has 0 radical (unpaired) electrons. The number of aliphatic hydroxyl groups is 2. The zero-order valence-corrected chi connectivity index (χ0v) is 91.0. The second-order valence-corrected chi connectivity index (χ2v) is 58.6. The fourth-order valence-electron chi connectivity index (χ4n) is 16.4. The average molecular weight is 1970 g/mol. The number of fused-ring (bicyclic) bond motifs is 2. The molecule has 0 spiro atoms. The quantitative estimate of drug-likeness (QED) is 0.0296. The van der Waals surface area contributed by atoms with Gasteiger partial charge in [-0.3, -0.25) is 0 Å². The topological polar surface area (TPSA) is 68.7 Å². The molecule has 0 saturated heterocycles. The fourth-order valence-corrected chi connectivity index (χ4v) is 33.2. The zero-order chi connectivity index (χ0) is 93.0. The van der Waals surface area contributed by atoms with Crippen molar-refractivity contribution in [3.8, 4) is 0 Å². The van der Waals surface area contributed by atoms with Gasteiger partial charge in [0.05, 0.1) is 47.4 Å². The second kappa shape index (κ2) is 55.5. The summed E-state index contributed by atoms with van der Waals surface area (Å²) in [5.41, 5.74) is 6.82.